The molecule has 1 aromatic heterocycles. The summed E-state index contributed by atoms with van der Waals surface area (Å²) in [7, 11) is 1.68. The molecule has 5 heteroatoms. The number of pyridine rings is 1. The fourth-order valence-corrected chi connectivity index (χ4v) is 3.76. The molecule has 1 aliphatic rings. The summed E-state index contributed by atoms with van der Waals surface area (Å²) >= 11 is 0. The van der Waals surface area contributed by atoms with E-state index >= 15 is 0 Å². The number of rotatable bonds is 6. The lowest BCUT2D eigenvalue weighted by atomic mass is 9.99. The zero-order valence-electron chi connectivity index (χ0n) is 16.6. The van der Waals surface area contributed by atoms with Gasteiger partial charge in [0.2, 0.25) is 0 Å². The second-order valence-corrected chi connectivity index (χ2v) is 7.20. The number of benzene rings is 2. The molecule has 0 fully saturated rings. The number of nitrogens with one attached hydrogen (secondary N) is 1. The van der Waals surface area contributed by atoms with Gasteiger partial charge in [0, 0.05) is 32.0 Å². The molecule has 2 heterocycles. The highest BCUT2D eigenvalue weighted by Gasteiger charge is 2.21. The first-order chi connectivity index (χ1) is 14.2. The normalized spacial score (nSPS) is 12.9. The molecular formula is C24H25N3O2. The second-order valence-electron chi connectivity index (χ2n) is 7.20. The summed E-state index contributed by atoms with van der Waals surface area (Å²) in [5.41, 5.74) is 5.18. The van der Waals surface area contributed by atoms with E-state index in [2.05, 4.69) is 34.6 Å². The Morgan fingerprint density at radius 3 is 2.76 bits per heavy atom. The second kappa shape index (κ2) is 8.78. The van der Waals surface area contributed by atoms with Crippen molar-refractivity contribution in [3.05, 3.63) is 89.2 Å². The molecule has 0 bridgehead atoms. The van der Waals surface area contributed by atoms with E-state index in [1.165, 1.54) is 11.1 Å². The molecule has 0 unspecified atom stereocenters. The minimum atomic E-state index is 0.0281. The first-order valence-corrected chi connectivity index (χ1v) is 9.91. The highest BCUT2D eigenvalue weighted by Crippen LogP contribution is 2.21. The SMILES string of the molecule is COc1ccccc1CCNc1cncc(C(=O)N2CCc3ccccc3C2)c1. The monoisotopic (exact) mass is 387 g/mol. The smallest absolute Gasteiger partial charge is 0.255 e. The Bertz CT molecular complexity index is 1000. The van der Waals surface area contributed by atoms with Crippen molar-refractivity contribution in [3.8, 4) is 5.75 Å². The van der Waals surface area contributed by atoms with E-state index < -0.39 is 0 Å². The molecule has 3 aromatic rings. The summed E-state index contributed by atoms with van der Waals surface area (Å²) in [5, 5.41) is 3.37. The van der Waals surface area contributed by atoms with Crippen molar-refractivity contribution in [1.82, 2.24) is 9.88 Å². The van der Waals surface area contributed by atoms with Crippen LogP contribution in [0.25, 0.3) is 0 Å². The number of carbonyl (C=O) groups is 1. The average Bonchev–Trinajstić information content (AvgIpc) is 2.79. The summed E-state index contributed by atoms with van der Waals surface area (Å²) in [6, 6.07) is 18.2. The van der Waals surface area contributed by atoms with Crippen LogP contribution >= 0.6 is 0 Å². The van der Waals surface area contributed by atoms with Gasteiger partial charge < -0.3 is 15.0 Å². The van der Waals surface area contributed by atoms with Gasteiger partial charge in [0.15, 0.2) is 0 Å². The quantitative estimate of drug-likeness (QED) is 0.696. The fraction of sp³-hybridized carbons (Fsp3) is 0.250. The highest BCUT2D eigenvalue weighted by atomic mass is 16.5. The van der Waals surface area contributed by atoms with Crippen molar-refractivity contribution < 1.29 is 9.53 Å². The summed E-state index contributed by atoms with van der Waals surface area (Å²) < 4.78 is 5.40. The zero-order chi connectivity index (χ0) is 20.1. The molecule has 148 valence electrons. The third kappa shape index (κ3) is 4.40. The first kappa shape index (κ1) is 19.0. The summed E-state index contributed by atoms with van der Waals surface area (Å²) in [6.45, 7) is 2.12. The van der Waals surface area contributed by atoms with E-state index in [0.29, 0.717) is 12.1 Å². The topological polar surface area (TPSA) is 54.5 Å². The maximum Gasteiger partial charge on any atom is 0.255 e. The number of aromatic nitrogens is 1. The number of amides is 1. The van der Waals surface area contributed by atoms with E-state index in [0.717, 1.165) is 42.9 Å². The molecule has 0 aliphatic carbocycles. The molecule has 1 N–H and O–H groups in total. The van der Waals surface area contributed by atoms with Crippen LogP contribution in [-0.4, -0.2) is 36.0 Å². The Labute approximate surface area is 171 Å². The lowest BCUT2D eigenvalue weighted by Crippen LogP contribution is -2.36. The molecular weight excluding hydrogens is 362 g/mol. The molecule has 0 radical (unpaired) electrons. The average molecular weight is 387 g/mol. The van der Waals surface area contributed by atoms with Crippen LogP contribution in [0.4, 0.5) is 5.69 Å². The van der Waals surface area contributed by atoms with Crippen molar-refractivity contribution in [3.63, 3.8) is 0 Å². The maximum absolute atomic E-state index is 13.0. The van der Waals surface area contributed by atoms with Crippen molar-refractivity contribution >= 4 is 11.6 Å². The number of carbonyl (C=O) groups excluding carboxylic acids is 1. The molecule has 5 nitrogen and oxygen atoms in total. The van der Waals surface area contributed by atoms with Crippen LogP contribution in [0.2, 0.25) is 0 Å². The molecule has 0 saturated heterocycles. The fourth-order valence-electron chi connectivity index (χ4n) is 3.76. The Balaban J connectivity index is 1.39. The Morgan fingerprint density at radius 2 is 1.90 bits per heavy atom. The lowest BCUT2D eigenvalue weighted by molar-refractivity contribution is 0.0734. The van der Waals surface area contributed by atoms with Crippen molar-refractivity contribution in [2.24, 2.45) is 0 Å². The molecule has 0 spiro atoms. The molecule has 29 heavy (non-hydrogen) atoms. The number of nitrogens with zero attached hydrogens (tertiary/aromatic N) is 2. The van der Waals surface area contributed by atoms with Crippen LogP contribution < -0.4 is 10.1 Å². The first-order valence-electron chi connectivity index (χ1n) is 9.91. The molecule has 0 atom stereocenters. The molecule has 2 aromatic carbocycles. The van der Waals surface area contributed by atoms with Gasteiger partial charge in [-0.3, -0.25) is 9.78 Å². The zero-order valence-corrected chi connectivity index (χ0v) is 16.6. The molecule has 4 rings (SSSR count). The number of fused-ring (bicyclic) bond motifs is 1. The van der Waals surface area contributed by atoms with Crippen molar-refractivity contribution in [1.29, 1.82) is 0 Å². The number of para-hydroxylation sites is 1. The van der Waals surface area contributed by atoms with Gasteiger partial charge in [-0.2, -0.15) is 0 Å². The van der Waals surface area contributed by atoms with Gasteiger partial charge in [-0.15, -0.1) is 0 Å². The Morgan fingerprint density at radius 1 is 1.10 bits per heavy atom. The van der Waals surface area contributed by atoms with Gasteiger partial charge in [0.1, 0.15) is 5.75 Å². The summed E-state index contributed by atoms with van der Waals surface area (Å²) in [4.78, 5) is 19.2. The van der Waals surface area contributed by atoms with Crippen LogP contribution in [0.5, 0.6) is 5.75 Å². The standard InChI is InChI=1S/C24H25N3O2/c1-29-23-9-5-4-7-19(23)10-12-26-22-14-21(15-25-16-22)24(28)27-13-11-18-6-2-3-8-20(18)17-27/h2-9,14-16,26H,10-13,17H2,1H3. The van der Waals surface area contributed by atoms with Crippen LogP contribution in [0.1, 0.15) is 27.0 Å². The maximum atomic E-state index is 13.0. The third-order valence-electron chi connectivity index (χ3n) is 5.32. The van der Waals surface area contributed by atoms with E-state index in [1.807, 2.05) is 35.2 Å². The minimum absolute atomic E-state index is 0.0281. The molecule has 1 aliphatic heterocycles. The van der Waals surface area contributed by atoms with Gasteiger partial charge in [0.25, 0.3) is 5.91 Å². The highest BCUT2D eigenvalue weighted by molar-refractivity contribution is 5.94. The largest absolute Gasteiger partial charge is 0.496 e. The third-order valence-corrected chi connectivity index (χ3v) is 5.32. The predicted molar refractivity (Wildman–Crippen MR) is 114 cm³/mol. The van der Waals surface area contributed by atoms with Crippen molar-refractivity contribution in [2.75, 3.05) is 25.5 Å². The Kier molecular flexibility index (Phi) is 5.75. The summed E-state index contributed by atoms with van der Waals surface area (Å²) in [6.07, 6.45) is 5.12. The van der Waals surface area contributed by atoms with Crippen LogP contribution in [0.15, 0.2) is 67.0 Å². The van der Waals surface area contributed by atoms with E-state index in [-0.39, 0.29) is 5.91 Å². The van der Waals surface area contributed by atoms with E-state index in [4.69, 9.17) is 4.74 Å². The van der Waals surface area contributed by atoms with Gasteiger partial charge >= 0.3 is 0 Å². The lowest BCUT2D eigenvalue weighted by Gasteiger charge is -2.29. The van der Waals surface area contributed by atoms with Crippen LogP contribution in [-0.2, 0) is 19.4 Å². The molecule has 0 saturated carbocycles. The number of methoxy groups -OCH3 is 1. The number of anilines is 1. The Hall–Kier alpha value is -3.34. The van der Waals surface area contributed by atoms with Gasteiger partial charge in [0.05, 0.1) is 18.4 Å². The van der Waals surface area contributed by atoms with Gasteiger partial charge in [-0.05, 0) is 41.7 Å². The number of ether oxygens (including phenoxy) is 1. The number of hydrogen-bond acceptors (Lipinski definition) is 4. The minimum Gasteiger partial charge on any atom is -0.496 e. The van der Waals surface area contributed by atoms with Gasteiger partial charge in [-0.1, -0.05) is 42.5 Å². The van der Waals surface area contributed by atoms with Crippen LogP contribution in [0, 0.1) is 0 Å². The van der Waals surface area contributed by atoms with Crippen molar-refractivity contribution in [2.45, 2.75) is 19.4 Å². The van der Waals surface area contributed by atoms with E-state index in [1.54, 1.807) is 19.5 Å². The van der Waals surface area contributed by atoms with Gasteiger partial charge in [-0.25, -0.2) is 0 Å². The van der Waals surface area contributed by atoms with Crippen LogP contribution in [0.3, 0.4) is 0 Å². The molecule has 1 amide bonds. The number of hydrogen-bond donors (Lipinski definition) is 1. The summed E-state index contributed by atoms with van der Waals surface area (Å²) in [5.74, 6) is 0.919. The van der Waals surface area contributed by atoms with E-state index in [9.17, 15) is 4.79 Å². The predicted octanol–water partition coefficient (Wildman–Crippen LogP) is 3.94.